The third-order valence-corrected chi connectivity index (χ3v) is 3.57. The number of hydrogen-bond donors (Lipinski definition) is 2. The number of carbonyl (C=O) groups is 2. The monoisotopic (exact) mass is 297 g/mol. The Kier molecular flexibility index (Phi) is 5.31. The first-order chi connectivity index (χ1) is 10.6. The Hall–Kier alpha value is -2.62. The van der Waals surface area contributed by atoms with Crippen molar-refractivity contribution in [3.8, 4) is 0 Å². The van der Waals surface area contributed by atoms with Crippen LogP contribution in [0.3, 0.4) is 0 Å². The highest BCUT2D eigenvalue weighted by Crippen LogP contribution is 2.10. The van der Waals surface area contributed by atoms with E-state index in [0.717, 1.165) is 11.1 Å². The van der Waals surface area contributed by atoms with E-state index in [0.29, 0.717) is 12.0 Å². The van der Waals surface area contributed by atoms with Crippen molar-refractivity contribution in [2.75, 3.05) is 6.54 Å². The van der Waals surface area contributed by atoms with Gasteiger partial charge in [-0.05, 0) is 30.5 Å². The molecular formula is C18H19NO3. The largest absolute Gasteiger partial charge is 0.481 e. The molecule has 0 saturated heterocycles. The Morgan fingerprint density at radius 3 is 2.32 bits per heavy atom. The first kappa shape index (κ1) is 15.8. The van der Waals surface area contributed by atoms with Crippen LogP contribution in [0.25, 0.3) is 0 Å². The van der Waals surface area contributed by atoms with Gasteiger partial charge in [0, 0.05) is 12.1 Å². The molecule has 2 aromatic carbocycles. The normalized spacial score (nSPS) is 11.7. The molecule has 0 radical (unpaired) electrons. The van der Waals surface area contributed by atoms with E-state index in [1.54, 1.807) is 12.1 Å². The van der Waals surface area contributed by atoms with Gasteiger partial charge in [-0.15, -0.1) is 0 Å². The van der Waals surface area contributed by atoms with E-state index in [-0.39, 0.29) is 12.5 Å². The topological polar surface area (TPSA) is 66.4 Å². The number of nitrogens with one attached hydrogen (secondary N) is 1. The number of amides is 1. The first-order valence-corrected chi connectivity index (χ1v) is 7.18. The number of rotatable bonds is 6. The van der Waals surface area contributed by atoms with E-state index < -0.39 is 11.9 Å². The molecule has 0 aromatic heterocycles. The average molecular weight is 297 g/mol. The van der Waals surface area contributed by atoms with Crippen molar-refractivity contribution < 1.29 is 14.7 Å². The van der Waals surface area contributed by atoms with Gasteiger partial charge in [-0.25, -0.2) is 0 Å². The fourth-order valence-corrected chi connectivity index (χ4v) is 2.28. The maximum Gasteiger partial charge on any atom is 0.308 e. The molecule has 0 unspecified atom stereocenters. The molecule has 1 atom stereocenters. The van der Waals surface area contributed by atoms with Crippen LogP contribution in [0.5, 0.6) is 0 Å². The maximum atomic E-state index is 12.1. The summed E-state index contributed by atoms with van der Waals surface area (Å²) >= 11 is 0. The second-order valence-electron chi connectivity index (χ2n) is 5.25. The van der Waals surface area contributed by atoms with Gasteiger partial charge in [0.05, 0.1) is 5.92 Å². The van der Waals surface area contributed by atoms with Crippen LogP contribution < -0.4 is 5.32 Å². The lowest BCUT2D eigenvalue weighted by molar-refractivity contribution is -0.141. The lowest BCUT2D eigenvalue weighted by atomic mass is 9.99. The maximum absolute atomic E-state index is 12.1. The van der Waals surface area contributed by atoms with Crippen molar-refractivity contribution in [1.82, 2.24) is 5.32 Å². The minimum atomic E-state index is -0.908. The molecule has 0 fully saturated rings. The zero-order chi connectivity index (χ0) is 15.9. The number of aryl methyl sites for hydroxylation is 1. The van der Waals surface area contributed by atoms with Crippen LogP contribution in [0.4, 0.5) is 0 Å². The third-order valence-electron chi connectivity index (χ3n) is 3.57. The van der Waals surface area contributed by atoms with E-state index >= 15 is 0 Å². The summed E-state index contributed by atoms with van der Waals surface area (Å²) < 4.78 is 0. The van der Waals surface area contributed by atoms with Crippen LogP contribution in [-0.2, 0) is 11.2 Å². The fraction of sp³-hybridized carbons (Fsp3) is 0.222. The third kappa shape index (κ3) is 4.19. The van der Waals surface area contributed by atoms with Gasteiger partial charge in [-0.1, -0.05) is 48.5 Å². The molecule has 1 amide bonds. The predicted octanol–water partition coefficient (Wildman–Crippen LogP) is 2.67. The van der Waals surface area contributed by atoms with Crippen LogP contribution in [0.2, 0.25) is 0 Å². The second kappa shape index (κ2) is 7.41. The van der Waals surface area contributed by atoms with Gasteiger partial charge >= 0.3 is 5.97 Å². The molecule has 0 aliphatic heterocycles. The number of carbonyl (C=O) groups excluding carboxylic acids is 1. The Morgan fingerprint density at radius 2 is 1.68 bits per heavy atom. The summed E-state index contributed by atoms with van der Waals surface area (Å²) in [5.74, 6) is -1.79. The highest BCUT2D eigenvalue weighted by molar-refractivity contribution is 5.95. The fourth-order valence-electron chi connectivity index (χ4n) is 2.28. The molecule has 22 heavy (non-hydrogen) atoms. The molecule has 0 heterocycles. The first-order valence-electron chi connectivity index (χ1n) is 7.18. The van der Waals surface area contributed by atoms with Crippen molar-refractivity contribution in [2.45, 2.75) is 13.3 Å². The Bertz CT molecular complexity index is 652. The van der Waals surface area contributed by atoms with Crippen LogP contribution in [0, 0.1) is 12.8 Å². The molecule has 0 aliphatic rings. The number of aliphatic carboxylic acids is 1. The van der Waals surface area contributed by atoms with Crippen molar-refractivity contribution >= 4 is 11.9 Å². The predicted molar refractivity (Wildman–Crippen MR) is 84.8 cm³/mol. The molecule has 2 rings (SSSR count). The molecule has 2 aromatic rings. The Morgan fingerprint density at radius 1 is 1.05 bits per heavy atom. The van der Waals surface area contributed by atoms with E-state index in [9.17, 15) is 14.7 Å². The molecule has 0 aliphatic carbocycles. The summed E-state index contributed by atoms with van der Waals surface area (Å²) in [5.41, 5.74) is 2.39. The van der Waals surface area contributed by atoms with Gasteiger partial charge in [0.1, 0.15) is 0 Å². The molecule has 114 valence electrons. The molecule has 4 nitrogen and oxygen atoms in total. The number of carboxylic acid groups (broad SMARTS) is 1. The van der Waals surface area contributed by atoms with Crippen LogP contribution >= 0.6 is 0 Å². The van der Waals surface area contributed by atoms with Crippen molar-refractivity contribution in [1.29, 1.82) is 0 Å². The highest BCUT2D eigenvalue weighted by atomic mass is 16.4. The van der Waals surface area contributed by atoms with E-state index in [2.05, 4.69) is 5.32 Å². The summed E-state index contributed by atoms with van der Waals surface area (Å²) in [6.07, 6.45) is 0.393. The lowest BCUT2D eigenvalue weighted by Crippen LogP contribution is -2.34. The zero-order valence-corrected chi connectivity index (χ0v) is 12.5. The average Bonchev–Trinajstić information content (AvgIpc) is 2.52. The number of hydrogen-bond acceptors (Lipinski definition) is 2. The second-order valence-corrected chi connectivity index (χ2v) is 5.25. The molecule has 0 bridgehead atoms. The van der Waals surface area contributed by atoms with Crippen LogP contribution in [-0.4, -0.2) is 23.5 Å². The minimum Gasteiger partial charge on any atom is -0.481 e. The van der Waals surface area contributed by atoms with E-state index in [1.165, 1.54) is 0 Å². The minimum absolute atomic E-state index is 0.109. The summed E-state index contributed by atoms with van der Waals surface area (Å²) in [6, 6.07) is 16.7. The summed E-state index contributed by atoms with van der Waals surface area (Å²) in [6.45, 7) is 1.96. The van der Waals surface area contributed by atoms with Crippen LogP contribution in [0.1, 0.15) is 21.5 Å². The van der Waals surface area contributed by atoms with Crippen molar-refractivity contribution in [3.63, 3.8) is 0 Å². The standard InChI is InChI=1S/C18H19NO3/c1-13-7-5-6-10-16(13)17(20)19-12-15(18(21)22)11-14-8-3-2-4-9-14/h2-10,15H,11-12H2,1H3,(H,19,20)(H,21,22)/t15-/m1/s1. The Balaban J connectivity index is 1.99. The zero-order valence-electron chi connectivity index (χ0n) is 12.5. The number of carboxylic acids is 1. The highest BCUT2D eigenvalue weighted by Gasteiger charge is 2.19. The van der Waals surface area contributed by atoms with E-state index in [1.807, 2.05) is 49.4 Å². The molecule has 2 N–H and O–H groups in total. The van der Waals surface area contributed by atoms with Crippen LogP contribution in [0.15, 0.2) is 54.6 Å². The summed E-state index contributed by atoms with van der Waals surface area (Å²) in [7, 11) is 0. The van der Waals surface area contributed by atoms with E-state index in [4.69, 9.17) is 0 Å². The van der Waals surface area contributed by atoms with Gasteiger partial charge in [0.2, 0.25) is 0 Å². The summed E-state index contributed by atoms with van der Waals surface area (Å²) in [4.78, 5) is 23.5. The van der Waals surface area contributed by atoms with Gasteiger partial charge in [0.15, 0.2) is 0 Å². The smallest absolute Gasteiger partial charge is 0.308 e. The SMILES string of the molecule is Cc1ccccc1C(=O)NC[C@@H](Cc1ccccc1)C(=O)O. The van der Waals surface area contributed by atoms with Crippen molar-refractivity contribution in [2.24, 2.45) is 5.92 Å². The Labute approximate surface area is 129 Å². The van der Waals surface area contributed by atoms with Gasteiger partial charge in [0.25, 0.3) is 5.91 Å². The quantitative estimate of drug-likeness (QED) is 0.861. The van der Waals surface area contributed by atoms with Gasteiger partial charge in [-0.2, -0.15) is 0 Å². The lowest BCUT2D eigenvalue weighted by Gasteiger charge is -2.14. The molecule has 0 spiro atoms. The van der Waals surface area contributed by atoms with Gasteiger partial charge in [-0.3, -0.25) is 9.59 Å². The van der Waals surface area contributed by atoms with Crippen molar-refractivity contribution in [3.05, 3.63) is 71.3 Å². The molecule has 0 saturated carbocycles. The number of benzene rings is 2. The molecule has 4 heteroatoms. The van der Waals surface area contributed by atoms with Gasteiger partial charge < -0.3 is 10.4 Å². The summed E-state index contributed by atoms with van der Waals surface area (Å²) in [5, 5.41) is 12.0. The molecular weight excluding hydrogens is 278 g/mol.